The number of hydrogen-bond donors (Lipinski definition) is 1. The van der Waals surface area contributed by atoms with Gasteiger partial charge in [0.25, 0.3) is 0 Å². The lowest BCUT2D eigenvalue weighted by Crippen LogP contribution is -2.42. The summed E-state index contributed by atoms with van der Waals surface area (Å²) in [6.45, 7) is 3.58. The molecule has 1 aromatic carbocycles. The fourth-order valence-electron chi connectivity index (χ4n) is 6.04. The molecule has 2 aliphatic heterocycles. The Kier molecular flexibility index (Phi) is 6.92. The molecule has 2 fully saturated rings. The maximum Gasteiger partial charge on any atom is 0.223 e. The Balaban J connectivity index is 1.17. The van der Waals surface area contributed by atoms with Gasteiger partial charge in [0.2, 0.25) is 5.91 Å². The van der Waals surface area contributed by atoms with Crippen molar-refractivity contribution in [2.24, 2.45) is 17.8 Å². The summed E-state index contributed by atoms with van der Waals surface area (Å²) in [6, 6.07) is 10.7. The van der Waals surface area contributed by atoms with Crippen molar-refractivity contribution in [1.82, 2.24) is 15.4 Å². The molecule has 0 spiro atoms. The number of nitrogens with zero attached hydrogens (tertiary/aromatic N) is 2. The van der Waals surface area contributed by atoms with Crippen molar-refractivity contribution in [3.63, 3.8) is 0 Å². The van der Waals surface area contributed by atoms with Gasteiger partial charge >= 0.3 is 0 Å². The van der Waals surface area contributed by atoms with E-state index in [-0.39, 0.29) is 0 Å². The fourth-order valence-corrected chi connectivity index (χ4v) is 6.04. The Morgan fingerprint density at radius 3 is 2.78 bits per heavy atom. The van der Waals surface area contributed by atoms with E-state index in [4.69, 9.17) is 4.52 Å². The van der Waals surface area contributed by atoms with Crippen LogP contribution >= 0.6 is 0 Å². The Labute approximate surface area is 191 Å². The van der Waals surface area contributed by atoms with Crippen LogP contribution in [0.4, 0.5) is 0 Å². The van der Waals surface area contributed by atoms with Gasteiger partial charge < -0.3 is 14.7 Å². The lowest BCUT2D eigenvalue weighted by molar-refractivity contribution is -0.133. The number of piperidine rings is 1. The normalized spacial score (nSPS) is 24.3. The number of nitrogens with one attached hydrogen (secondary N) is 1. The molecule has 0 bridgehead atoms. The minimum atomic E-state index is 0.314. The number of aromatic nitrogens is 1. The van der Waals surface area contributed by atoms with E-state index in [0.717, 1.165) is 69.2 Å². The lowest BCUT2D eigenvalue weighted by atomic mass is 9.80. The van der Waals surface area contributed by atoms with Crippen LogP contribution in [-0.2, 0) is 30.6 Å². The third-order valence-corrected chi connectivity index (χ3v) is 7.98. The molecule has 2 atom stereocenters. The highest BCUT2D eigenvalue weighted by Crippen LogP contribution is 2.30. The van der Waals surface area contributed by atoms with Gasteiger partial charge in [-0.15, -0.1) is 0 Å². The van der Waals surface area contributed by atoms with Gasteiger partial charge in [-0.25, -0.2) is 0 Å². The van der Waals surface area contributed by atoms with Crippen LogP contribution in [0.25, 0.3) is 0 Å². The standard InChI is InChI=1S/C27H37N3O2/c31-27(30-13-11-21-8-4-5-9-23(21)19-30)16-22-10-12-28-18-24(22)15-25-17-26(32-29-25)14-20-6-2-1-3-7-20/h4-5,8-9,17,20,22,24,28H,1-3,6-7,10-16,18-19H2/t22-,24+/m1/s1. The van der Waals surface area contributed by atoms with Crippen molar-refractivity contribution in [1.29, 1.82) is 0 Å². The highest BCUT2D eigenvalue weighted by Gasteiger charge is 2.30. The number of amides is 1. The predicted octanol–water partition coefficient (Wildman–Crippen LogP) is 4.54. The molecule has 3 aliphatic rings. The monoisotopic (exact) mass is 435 g/mol. The molecule has 1 saturated carbocycles. The molecule has 5 heteroatoms. The molecule has 2 aromatic rings. The maximum absolute atomic E-state index is 13.2. The van der Waals surface area contributed by atoms with E-state index in [1.807, 2.05) is 0 Å². The fraction of sp³-hybridized carbons (Fsp3) is 0.630. The second-order valence-corrected chi connectivity index (χ2v) is 10.2. The van der Waals surface area contributed by atoms with Gasteiger partial charge in [-0.1, -0.05) is 61.5 Å². The van der Waals surface area contributed by atoms with Crippen LogP contribution in [0.5, 0.6) is 0 Å². The molecule has 172 valence electrons. The summed E-state index contributed by atoms with van der Waals surface area (Å²) in [4.78, 5) is 15.2. The molecular weight excluding hydrogens is 398 g/mol. The largest absolute Gasteiger partial charge is 0.361 e. The Bertz CT molecular complexity index is 902. The summed E-state index contributed by atoms with van der Waals surface area (Å²) >= 11 is 0. The molecule has 1 aliphatic carbocycles. The Morgan fingerprint density at radius 1 is 1.06 bits per heavy atom. The van der Waals surface area contributed by atoms with Crippen LogP contribution in [0.15, 0.2) is 34.9 Å². The van der Waals surface area contributed by atoms with E-state index in [0.29, 0.717) is 24.2 Å². The summed E-state index contributed by atoms with van der Waals surface area (Å²) in [6.07, 6.45) is 11.4. The second-order valence-electron chi connectivity index (χ2n) is 10.2. The van der Waals surface area contributed by atoms with E-state index in [2.05, 4.69) is 45.7 Å². The number of fused-ring (bicyclic) bond motifs is 1. The summed E-state index contributed by atoms with van der Waals surface area (Å²) in [5, 5.41) is 7.95. The number of carbonyl (C=O) groups excluding carboxylic acids is 1. The first-order valence-electron chi connectivity index (χ1n) is 12.7. The zero-order valence-electron chi connectivity index (χ0n) is 19.2. The second kappa shape index (κ2) is 10.2. The Hall–Kier alpha value is -2.14. The number of benzene rings is 1. The minimum Gasteiger partial charge on any atom is -0.361 e. The topological polar surface area (TPSA) is 58.4 Å². The molecule has 1 amide bonds. The van der Waals surface area contributed by atoms with Crippen LogP contribution in [-0.4, -0.2) is 35.6 Å². The maximum atomic E-state index is 13.2. The molecule has 5 nitrogen and oxygen atoms in total. The van der Waals surface area contributed by atoms with Gasteiger partial charge in [0.15, 0.2) is 0 Å². The van der Waals surface area contributed by atoms with Gasteiger partial charge in [0.1, 0.15) is 5.76 Å². The third-order valence-electron chi connectivity index (χ3n) is 7.98. The molecule has 1 saturated heterocycles. The molecule has 5 rings (SSSR count). The van der Waals surface area contributed by atoms with E-state index in [1.54, 1.807) is 0 Å². The highest BCUT2D eigenvalue weighted by atomic mass is 16.5. The molecular formula is C27H37N3O2. The average molecular weight is 436 g/mol. The van der Waals surface area contributed by atoms with Gasteiger partial charge in [-0.05, 0) is 61.2 Å². The van der Waals surface area contributed by atoms with Gasteiger partial charge in [0, 0.05) is 32.0 Å². The van der Waals surface area contributed by atoms with E-state index in [9.17, 15) is 4.79 Å². The van der Waals surface area contributed by atoms with Crippen LogP contribution in [0.3, 0.4) is 0 Å². The minimum absolute atomic E-state index is 0.314. The van der Waals surface area contributed by atoms with Crippen molar-refractivity contribution in [2.45, 2.75) is 70.8 Å². The summed E-state index contributed by atoms with van der Waals surface area (Å²) < 4.78 is 5.71. The smallest absolute Gasteiger partial charge is 0.223 e. The zero-order valence-corrected chi connectivity index (χ0v) is 19.2. The van der Waals surface area contributed by atoms with Crippen LogP contribution in [0.1, 0.15) is 67.5 Å². The van der Waals surface area contributed by atoms with Crippen molar-refractivity contribution in [2.75, 3.05) is 19.6 Å². The first-order valence-corrected chi connectivity index (χ1v) is 12.7. The number of rotatable bonds is 6. The summed E-state index contributed by atoms with van der Waals surface area (Å²) in [5.74, 6) is 2.99. The highest BCUT2D eigenvalue weighted by molar-refractivity contribution is 5.76. The molecule has 0 radical (unpaired) electrons. The quantitative estimate of drug-likeness (QED) is 0.724. The van der Waals surface area contributed by atoms with Gasteiger partial charge in [-0.3, -0.25) is 4.79 Å². The first kappa shape index (κ1) is 21.7. The zero-order chi connectivity index (χ0) is 21.8. The van der Waals surface area contributed by atoms with Crippen molar-refractivity contribution < 1.29 is 9.32 Å². The van der Waals surface area contributed by atoms with Crippen LogP contribution in [0, 0.1) is 17.8 Å². The van der Waals surface area contributed by atoms with Crippen molar-refractivity contribution >= 4 is 5.91 Å². The third kappa shape index (κ3) is 5.25. The first-order chi connectivity index (χ1) is 15.7. The predicted molar refractivity (Wildman–Crippen MR) is 125 cm³/mol. The molecule has 3 heterocycles. The van der Waals surface area contributed by atoms with E-state index in [1.165, 1.54) is 43.2 Å². The van der Waals surface area contributed by atoms with Crippen molar-refractivity contribution in [3.05, 3.63) is 52.9 Å². The Morgan fingerprint density at radius 2 is 1.91 bits per heavy atom. The van der Waals surface area contributed by atoms with Crippen LogP contribution < -0.4 is 5.32 Å². The van der Waals surface area contributed by atoms with Gasteiger partial charge in [-0.2, -0.15) is 0 Å². The molecule has 0 unspecified atom stereocenters. The van der Waals surface area contributed by atoms with Gasteiger partial charge in [0.05, 0.1) is 5.69 Å². The average Bonchev–Trinajstić information content (AvgIpc) is 3.27. The number of carbonyl (C=O) groups is 1. The molecule has 1 N–H and O–H groups in total. The van der Waals surface area contributed by atoms with E-state index >= 15 is 0 Å². The summed E-state index contributed by atoms with van der Waals surface area (Å²) in [7, 11) is 0. The SMILES string of the molecule is O=C(C[C@H]1CCNC[C@@H]1Cc1cc(CC2CCCCC2)on1)N1CCc2ccccc2C1. The van der Waals surface area contributed by atoms with E-state index < -0.39 is 0 Å². The summed E-state index contributed by atoms with van der Waals surface area (Å²) in [5.41, 5.74) is 3.77. The van der Waals surface area contributed by atoms with Crippen molar-refractivity contribution in [3.8, 4) is 0 Å². The molecule has 32 heavy (non-hydrogen) atoms. The number of hydrogen-bond acceptors (Lipinski definition) is 4. The van der Waals surface area contributed by atoms with Crippen LogP contribution in [0.2, 0.25) is 0 Å². The molecule has 1 aromatic heterocycles. The lowest BCUT2D eigenvalue weighted by Gasteiger charge is -2.34.